The number of amidine groups is 1. The minimum absolute atomic E-state index is 0.0689. The van der Waals surface area contributed by atoms with E-state index in [1.807, 2.05) is 0 Å². The van der Waals surface area contributed by atoms with Crippen LogP contribution in [0.5, 0.6) is 0 Å². The second-order valence-corrected chi connectivity index (χ2v) is 10.8. The van der Waals surface area contributed by atoms with Gasteiger partial charge in [0.25, 0.3) is 11.5 Å². The molecule has 0 spiro atoms. The predicted molar refractivity (Wildman–Crippen MR) is 159 cm³/mol. The highest BCUT2D eigenvalue weighted by Gasteiger charge is 2.35. The van der Waals surface area contributed by atoms with Gasteiger partial charge in [-0.05, 0) is 64.8 Å². The molecule has 0 unspecified atom stereocenters. The van der Waals surface area contributed by atoms with Crippen molar-refractivity contribution in [2.24, 2.45) is 10.1 Å². The van der Waals surface area contributed by atoms with Crippen LogP contribution in [0.4, 0.5) is 10.5 Å². The quantitative estimate of drug-likeness (QED) is 0.378. The van der Waals surface area contributed by atoms with Gasteiger partial charge in [-0.2, -0.15) is 10.1 Å². The topological polar surface area (TPSA) is 143 Å². The van der Waals surface area contributed by atoms with Crippen molar-refractivity contribution < 1.29 is 19.1 Å². The van der Waals surface area contributed by atoms with E-state index in [0.717, 1.165) is 12.8 Å². The molecule has 1 aliphatic carbocycles. The Morgan fingerprint density at radius 1 is 1.19 bits per heavy atom. The minimum atomic E-state index is -0.766. The van der Waals surface area contributed by atoms with Gasteiger partial charge in [-0.1, -0.05) is 6.07 Å². The van der Waals surface area contributed by atoms with Crippen molar-refractivity contribution >= 4 is 30.2 Å². The van der Waals surface area contributed by atoms with E-state index in [2.05, 4.69) is 32.4 Å². The Kier molecular flexibility index (Phi) is 8.90. The molecule has 13 nitrogen and oxygen atoms in total. The van der Waals surface area contributed by atoms with Gasteiger partial charge in [-0.15, -0.1) is 0 Å². The molecule has 2 aromatic heterocycles. The van der Waals surface area contributed by atoms with E-state index in [0.29, 0.717) is 5.82 Å². The molecule has 2 N–H and O–H groups in total. The molecule has 2 atom stereocenters. The molecule has 2 aromatic rings. The number of anilines is 1. The number of carbonyl (C=O) groups excluding carboxylic acids is 2. The number of aromatic nitrogens is 2. The summed E-state index contributed by atoms with van der Waals surface area (Å²) in [7, 11) is 3.11. The average molecular weight is 577 g/mol. The second kappa shape index (κ2) is 12.4. The van der Waals surface area contributed by atoms with Gasteiger partial charge in [-0.25, -0.2) is 14.8 Å². The van der Waals surface area contributed by atoms with E-state index in [1.54, 1.807) is 77.5 Å². The number of hydrogen-bond acceptors (Lipinski definition) is 10. The number of methoxy groups -OCH3 is 1. The molecule has 0 bridgehead atoms. The van der Waals surface area contributed by atoms with Crippen molar-refractivity contribution in [3.8, 4) is 5.82 Å². The van der Waals surface area contributed by atoms with Crippen molar-refractivity contribution in [1.29, 1.82) is 0 Å². The summed E-state index contributed by atoms with van der Waals surface area (Å²) in [4.78, 5) is 49.8. The number of hydrogen-bond donors (Lipinski definition) is 2. The number of nitrogens with zero attached hydrogens (tertiary/aromatic N) is 6. The Morgan fingerprint density at radius 3 is 2.55 bits per heavy atom. The fourth-order valence-electron chi connectivity index (χ4n) is 4.29. The Bertz CT molecular complexity index is 1500. The third-order valence-electron chi connectivity index (χ3n) is 6.67. The fraction of sp³-hybridized carbons (Fsp3) is 0.379. The number of ether oxygens (including phenoxy) is 2. The van der Waals surface area contributed by atoms with Crippen LogP contribution in [0.1, 0.15) is 40.5 Å². The molecule has 0 aromatic carbocycles. The van der Waals surface area contributed by atoms with E-state index in [1.165, 1.54) is 27.6 Å². The average Bonchev–Trinajstić information content (AvgIpc) is 2.94. The van der Waals surface area contributed by atoms with Crippen LogP contribution < -0.4 is 16.2 Å². The van der Waals surface area contributed by atoms with E-state index < -0.39 is 11.7 Å². The van der Waals surface area contributed by atoms with Gasteiger partial charge in [0.1, 0.15) is 28.8 Å². The summed E-state index contributed by atoms with van der Waals surface area (Å²) < 4.78 is 12.4. The lowest BCUT2D eigenvalue weighted by Crippen LogP contribution is -2.51. The van der Waals surface area contributed by atoms with Crippen molar-refractivity contribution in [3.63, 3.8) is 0 Å². The molecule has 0 saturated heterocycles. The third-order valence-corrected chi connectivity index (χ3v) is 6.67. The van der Waals surface area contributed by atoms with Crippen molar-refractivity contribution in [3.05, 3.63) is 76.4 Å². The molecule has 2 aliphatic rings. The number of nitrogens with one attached hydrogen (secondary N) is 2. The molecule has 0 radical (unpaired) electrons. The highest BCUT2D eigenvalue weighted by molar-refractivity contribution is 6.06. The second-order valence-electron chi connectivity index (χ2n) is 10.8. The summed E-state index contributed by atoms with van der Waals surface area (Å²) in [5.74, 6) is 0.534. The summed E-state index contributed by atoms with van der Waals surface area (Å²) in [5, 5.41) is 11.3. The number of rotatable bonds is 7. The van der Waals surface area contributed by atoms with E-state index in [9.17, 15) is 14.4 Å². The Morgan fingerprint density at radius 2 is 1.95 bits per heavy atom. The zero-order chi connectivity index (χ0) is 30.6. The molecule has 2 amide bonds. The van der Waals surface area contributed by atoms with Gasteiger partial charge in [0, 0.05) is 39.3 Å². The Labute approximate surface area is 244 Å². The number of pyridine rings is 2. The van der Waals surface area contributed by atoms with Gasteiger partial charge >= 0.3 is 6.09 Å². The monoisotopic (exact) mass is 576 g/mol. The Balaban J connectivity index is 1.75. The van der Waals surface area contributed by atoms with Crippen LogP contribution in [0.3, 0.4) is 0 Å². The molecular weight excluding hydrogens is 540 g/mol. The maximum Gasteiger partial charge on any atom is 0.415 e. The highest BCUT2D eigenvalue weighted by atomic mass is 16.6. The van der Waals surface area contributed by atoms with Gasteiger partial charge < -0.3 is 20.1 Å². The molecule has 222 valence electrons. The summed E-state index contributed by atoms with van der Waals surface area (Å²) in [6.45, 7) is 10.5. The standard InChI is InChI=1S/C29H36N8O5/c1-18(26(38)33-19-13-14-21(19)41-7)25-34-22(17-24(37(25)30-5)35(6)28(40)42-29(2,3)4)32-20-11-10-16-36(27(20)39)23-12-8-9-15-31-23/h8-12,15-17,19,21H,5,13-14H2,1-4,6-7H3,(H,32,34)(H,33,38)/b25-18+/t19-,21-/m0/s1. The maximum absolute atomic E-state index is 13.4. The van der Waals surface area contributed by atoms with Crippen LogP contribution in [0.15, 0.2) is 80.9 Å². The number of carbonyl (C=O) groups is 2. The largest absolute Gasteiger partial charge is 0.443 e. The predicted octanol–water partition coefficient (Wildman–Crippen LogP) is 3.21. The molecule has 1 aliphatic heterocycles. The van der Waals surface area contributed by atoms with Crippen LogP contribution in [-0.4, -0.2) is 75.9 Å². The molecule has 4 rings (SSSR count). The van der Waals surface area contributed by atoms with E-state index >= 15 is 0 Å². The van der Waals surface area contributed by atoms with Crippen LogP contribution in [0.25, 0.3) is 5.82 Å². The molecule has 13 heteroatoms. The van der Waals surface area contributed by atoms with Gasteiger partial charge in [0.05, 0.1) is 17.7 Å². The van der Waals surface area contributed by atoms with Gasteiger partial charge in [0.15, 0.2) is 5.82 Å². The van der Waals surface area contributed by atoms with Crippen LogP contribution in [0.2, 0.25) is 0 Å². The third kappa shape index (κ3) is 6.57. The Hall–Kier alpha value is -4.78. The van der Waals surface area contributed by atoms with Crippen molar-refractivity contribution in [2.75, 3.05) is 19.5 Å². The normalized spacial score (nSPS) is 19.5. The molecule has 42 heavy (non-hydrogen) atoms. The highest BCUT2D eigenvalue weighted by Crippen LogP contribution is 2.28. The van der Waals surface area contributed by atoms with Crippen molar-refractivity contribution in [2.45, 2.75) is 58.3 Å². The zero-order valence-corrected chi connectivity index (χ0v) is 24.6. The SMILES string of the molecule is C=NN1C(N(C)C(=O)OC(C)(C)C)=CC(Nc2cccn(-c3ccccn3)c2=O)=N/C1=C(/C)C(=O)N[C@H]1CC[C@@H]1OC. The van der Waals surface area contributed by atoms with E-state index in [4.69, 9.17) is 9.47 Å². The number of amides is 2. The van der Waals surface area contributed by atoms with Crippen LogP contribution >= 0.6 is 0 Å². The first-order valence-corrected chi connectivity index (χ1v) is 13.4. The molecular formula is C29H36N8O5. The maximum atomic E-state index is 13.4. The first-order valence-electron chi connectivity index (χ1n) is 13.4. The van der Waals surface area contributed by atoms with Crippen molar-refractivity contribution in [1.82, 2.24) is 24.8 Å². The first-order chi connectivity index (χ1) is 19.9. The molecule has 3 heterocycles. The lowest BCUT2D eigenvalue weighted by molar-refractivity contribution is -0.120. The number of hydrazone groups is 1. The lowest BCUT2D eigenvalue weighted by atomic mass is 9.89. The van der Waals surface area contributed by atoms with E-state index in [-0.39, 0.29) is 52.4 Å². The van der Waals surface area contributed by atoms with Gasteiger partial charge in [0.2, 0.25) is 0 Å². The zero-order valence-electron chi connectivity index (χ0n) is 24.6. The smallest absolute Gasteiger partial charge is 0.415 e. The summed E-state index contributed by atoms with van der Waals surface area (Å²) >= 11 is 0. The lowest BCUT2D eigenvalue weighted by Gasteiger charge is -2.36. The molecule has 1 fully saturated rings. The summed E-state index contributed by atoms with van der Waals surface area (Å²) in [5.41, 5.74) is -0.742. The summed E-state index contributed by atoms with van der Waals surface area (Å²) in [6.07, 6.45) is 5.61. The van der Waals surface area contributed by atoms with Crippen LogP contribution in [0, 0.1) is 0 Å². The number of aliphatic imine (C=N–C) groups is 1. The van der Waals surface area contributed by atoms with Crippen LogP contribution in [-0.2, 0) is 14.3 Å². The summed E-state index contributed by atoms with van der Waals surface area (Å²) in [6, 6.07) is 8.40. The first kappa shape index (κ1) is 30.2. The molecule has 1 saturated carbocycles. The minimum Gasteiger partial charge on any atom is -0.443 e. The van der Waals surface area contributed by atoms with Gasteiger partial charge in [-0.3, -0.25) is 19.1 Å². The fourth-order valence-corrected chi connectivity index (χ4v) is 4.29.